The van der Waals surface area contributed by atoms with E-state index in [2.05, 4.69) is 24.1 Å². The molecule has 1 aliphatic heterocycles. The molecule has 0 aliphatic carbocycles. The number of para-hydroxylation sites is 1. The van der Waals surface area contributed by atoms with Crippen molar-refractivity contribution in [3.63, 3.8) is 0 Å². The van der Waals surface area contributed by atoms with Crippen LogP contribution in [0.2, 0.25) is 0 Å². The van der Waals surface area contributed by atoms with Crippen molar-refractivity contribution in [1.29, 1.82) is 0 Å². The van der Waals surface area contributed by atoms with Gasteiger partial charge in [0.05, 0.1) is 0 Å². The van der Waals surface area contributed by atoms with Crippen LogP contribution in [0.15, 0.2) is 42.6 Å². The summed E-state index contributed by atoms with van der Waals surface area (Å²) in [5.41, 5.74) is 2.38. The van der Waals surface area contributed by atoms with Gasteiger partial charge in [-0.1, -0.05) is 32.0 Å². The number of hydrogen-bond donors (Lipinski definition) is 1. The third-order valence-corrected chi connectivity index (χ3v) is 4.82. The molecule has 0 bridgehead atoms. The average Bonchev–Trinajstić information content (AvgIpc) is 2.73. The number of nitrogens with one attached hydrogen (secondary N) is 1. The van der Waals surface area contributed by atoms with E-state index in [1.165, 1.54) is 12.3 Å². The van der Waals surface area contributed by atoms with E-state index in [1.54, 1.807) is 15.9 Å². The monoisotopic (exact) mass is 380 g/mol. The lowest BCUT2D eigenvalue weighted by Crippen LogP contribution is -2.48. The first-order valence-corrected chi connectivity index (χ1v) is 9.34. The number of carbonyl (C=O) groups is 3. The third-order valence-electron chi connectivity index (χ3n) is 4.82. The normalized spacial score (nSPS) is 14.1. The van der Waals surface area contributed by atoms with Gasteiger partial charge in [0.25, 0.3) is 11.8 Å². The summed E-state index contributed by atoms with van der Waals surface area (Å²) in [5, 5.41) is 2.90. The van der Waals surface area contributed by atoms with E-state index in [1.807, 2.05) is 24.3 Å². The summed E-state index contributed by atoms with van der Waals surface area (Å²) in [6.07, 6.45) is 2.27. The van der Waals surface area contributed by atoms with Crippen LogP contribution in [0, 0.1) is 0 Å². The number of anilines is 1. The van der Waals surface area contributed by atoms with Crippen molar-refractivity contribution in [1.82, 2.24) is 14.8 Å². The van der Waals surface area contributed by atoms with Crippen molar-refractivity contribution < 1.29 is 14.4 Å². The Hall–Kier alpha value is -3.22. The van der Waals surface area contributed by atoms with Crippen molar-refractivity contribution in [3.8, 4) is 0 Å². The van der Waals surface area contributed by atoms with Gasteiger partial charge in [0.1, 0.15) is 5.69 Å². The Morgan fingerprint density at radius 2 is 1.82 bits per heavy atom. The number of nitrogens with zero attached hydrogens (tertiary/aromatic N) is 3. The van der Waals surface area contributed by atoms with Crippen LogP contribution in [-0.4, -0.2) is 59.2 Å². The summed E-state index contributed by atoms with van der Waals surface area (Å²) in [7, 11) is 0. The molecule has 0 unspecified atom stereocenters. The second-order valence-electron chi connectivity index (χ2n) is 7.06. The molecule has 7 nitrogen and oxygen atoms in total. The van der Waals surface area contributed by atoms with E-state index in [0.717, 1.165) is 17.7 Å². The quantitative estimate of drug-likeness (QED) is 0.808. The molecule has 3 rings (SSSR count). The van der Waals surface area contributed by atoms with Crippen LogP contribution < -0.4 is 5.32 Å². The summed E-state index contributed by atoms with van der Waals surface area (Å²) >= 11 is 0. The molecular weight excluding hydrogens is 356 g/mol. The first-order valence-electron chi connectivity index (χ1n) is 9.34. The zero-order chi connectivity index (χ0) is 20.1. The highest BCUT2D eigenvalue weighted by atomic mass is 16.2. The van der Waals surface area contributed by atoms with Crippen LogP contribution in [0.25, 0.3) is 0 Å². The van der Waals surface area contributed by atoms with E-state index in [-0.39, 0.29) is 23.4 Å². The number of hydrogen-bond acceptors (Lipinski definition) is 4. The fourth-order valence-electron chi connectivity index (χ4n) is 3.20. The van der Waals surface area contributed by atoms with Crippen LogP contribution in [0.3, 0.4) is 0 Å². The van der Waals surface area contributed by atoms with Gasteiger partial charge in [-0.15, -0.1) is 0 Å². The molecule has 146 valence electrons. The molecule has 0 saturated carbocycles. The Labute approximate surface area is 164 Å². The topological polar surface area (TPSA) is 82.6 Å². The molecule has 0 radical (unpaired) electrons. The number of amides is 3. The highest BCUT2D eigenvalue weighted by molar-refractivity contribution is 6.05. The zero-order valence-corrected chi connectivity index (χ0v) is 16.1. The minimum atomic E-state index is -0.353. The van der Waals surface area contributed by atoms with Crippen LogP contribution in [0.1, 0.15) is 46.2 Å². The smallest absolute Gasteiger partial charge is 0.274 e. The predicted molar refractivity (Wildman–Crippen MR) is 106 cm³/mol. The summed E-state index contributed by atoms with van der Waals surface area (Å²) in [6.45, 7) is 6.10. The van der Waals surface area contributed by atoms with Gasteiger partial charge in [0, 0.05) is 43.6 Å². The minimum absolute atomic E-state index is 0.162. The van der Waals surface area contributed by atoms with Crippen molar-refractivity contribution >= 4 is 23.9 Å². The number of pyridine rings is 1. The Kier molecular flexibility index (Phi) is 6.03. The van der Waals surface area contributed by atoms with Gasteiger partial charge in [0.15, 0.2) is 0 Å². The molecule has 2 aromatic rings. The molecular formula is C21H24N4O3. The number of benzene rings is 1. The molecule has 1 N–H and O–H groups in total. The molecule has 28 heavy (non-hydrogen) atoms. The zero-order valence-electron chi connectivity index (χ0n) is 16.1. The van der Waals surface area contributed by atoms with Gasteiger partial charge in [-0.2, -0.15) is 0 Å². The Balaban J connectivity index is 1.73. The Morgan fingerprint density at radius 1 is 1.11 bits per heavy atom. The van der Waals surface area contributed by atoms with E-state index in [0.29, 0.717) is 31.7 Å². The fourth-order valence-corrected chi connectivity index (χ4v) is 3.20. The number of rotatable bonds is 5. The maximum absolute atomic E-state index is 12.7. The minimum Gasteiger partial charge on any atom is -0.342 e. The number of aromatic nitrogens is 1. The lowest BCUT2D eigenvalue weighted by atomic mass is 10.0. The number of piperazine rings is 1. The highest BCUT2D eigenvalue weighted by Gasteiger charge is 2.22. The molecule has 7 heteroatoms. The Morgan fingerprint density at radius 3 is 2.50 bits per heavy atom. The summed E-state index contributed by atoms with van der Waals surface area (Å²) in [6, 6.07) is 10.8. The summed E-state index contributed by atoms with van der Waals surface area (Å²) < 4.78 is 0. The van der Waals surface area contributed by atoms with Gasteiger partial charge < -0.3 is 15.1 Å². The van der Waals surface area contributed by atoms with Crippen molar-refractivity contribution in [2.24, 2.45) is 0 Å². The third kappa shape index (κ3) is 4.36. The SMILES string of the molecule is CC(C)c1ccccc1NC(=O)c1cc(C(=O)N2CCN(C=O)CC2)ccn1. The van der Waals surface area contributed by atoms with Crippen LogP contribution in [-0.2, 0) is 4.79 Å². The van der Waals surface area contributed by atoms with Gasteiger partial charge >= 0.3 is 0 Å². The Bertz CT molecular complexity index is 873. The molecule has 1 aromatic carbocycles. The first-order chi connectivity index (χ1) is 13.5. The van der Waals surface area contributed by atoms with Gasteiger partial charge in [0.2, 0.25) is 6.41 Å². The molecule has 1 aromatic heterocycles. The first kappa shape index (κ1) is 19.5. The maximum Gasteiger partial charge on any atom is 0.274 e. The molecule has 1 fully saturated rings. The molecule has 3 amide bonds. The molecule has 1 saturated heterocycles. The fraction of sp³-hybridized carbons (Fsp3) is 0.333. The second kappa shape index (κ2) is 8.65. The molecule has 2 heterocycles. The van der Waals surface area contributed by atoms with Gasteiger partial charge in [-0.05, 0) is 29.7 Å². The highest BCUT2D eigenvalue weighted by Crippen LogP contribution is 2.24. The van der Waals surface area contributed by atoms with Gasteiger partial charge in [-0.3, -0.25) is 19.4 Å². The second-order valence-corrected chi connectivity index (χ2v) is 7.06. The standard InChI is InChI=1S/C21H24N4O3/c1-15(2)17-5-3-4-6-18(17)23-20(27)19-13-16(7-8-22-19)21(28)25-11-9-24(14-26)10-12-25/h3-8,13-15H,9-12H2,1-2H3,(H,23,27). The van der Waals surface area contributed by atoms with Crippen LogP contribution in [0.4, 0.5) is 5.69 Å². The van der Waals surface area contributed by atoms with E-state index in [9.17, 15) is 14.4 Å². The number of carbonyl (C=O) groups excluding carboxylic acids is 3. The van der Waals surface area contributed by atoms with E-state index >= 15 is 0 Å². The largest absolute Gasteiger partial charge is 0.342 e. The van der Waals surface area contributed by atoms with E-state index in [4.69, 9.17) is 0 Å². The van der Waals surface area contributed by atoms with Crippen LogP contribution >= 0.6 is 0 Å². The average molecular weight is 380 g/mol. The van der Waals surface area contributed by atoms with Crippen molar-refractivity contribution in [3.05, 3.63) is 59.4 Å². The van der Waals surface area contributed by atoms with E-state index < -0.39 is 0 Å². The maximum atomic E-state index is 12.7. The lowest BCUT2D eigenvalue weighted by Gasteiger charge is -2.32. The summed E-state index contributed by atoms with van der Waals surface area (Å²) in [4.78, 5) is 43.7. The predicted octanol–water partition coefficient (Wildman–Crippen LogP) is 2.37. The molecule has 1 aliphatic rings. The van der Waals surface area contributed by atoms with Crippen LogP contribution in [0.5, 0.6) is 0 Å². The molecule has 0 spiro atoms. The molecule has 0 atom stereocenters. The lowest BCUT2D eigenvalue weighted by molar-refractivity contribution is -0.119. The summed E-state index contributed by atoms with van der Waals surface area (Å²) in [5.74, 6) is -0.250. The van der Waals surface area contributed by atoms with Gasteiger partial charge in [-0.25, -0.2) is 0 Å². The van der Waals surface area contributed by atoms with Crippen molar-refractivity contribution in [2.45, 2.75) is 19.8 Å². The van der Waals surface area contributed by atoms with Crippen molar-refractivity contribution in [2.75, 3.05) is 31.5 Å².